The Bertz CT molecular complexity index is 1060. The summed E-state index contributed by atoms with van der Waals surface area (Å²) in [5.74, 6) is -1.74. The molecule has 0 saturated heterocycles. The number of ketones is 1. The van der Waals surface area contributed by atoms with Crippen molar-refractivity contribution in [2.75, 3.05) is 26.3 Å². The second kappa shape index (κ2) is 11.4. The average Bonchev–Trinajstić information content (AvgIpc) is 3.23. The molecule has 0 saturated carbocycles. The summed E-state index contributed by atoms with van der Waals surface area (Å²) in [5.41, 5.74) is 8.12. The van der Waals surface area contributed by atoms with Gasteiger partial charge in [0.1, 0.15) is 6.61 Å². The molecule has 188 valence electrons. The van der Waals surface area contributed by atoms with Gasteiger partial charge in [0.05, 0.1) is 24.9 Å². The molecule has 12 heteroatoms. The maximum Gasteiger partial charge on any atom is 0.451 e. The van der Waals surface area contributed by atoms with Crippen molar-refractivity contribution in [1.82, 2.24) is 20.3 Å². The van der Waals surface area contributed by atoms with Gasteiger partial charge in [0.2, 0.25) is 5.82 Å². The van der Waals surface area contributed by atoms with E-state index in [4.69, 9.17) is 10.5 Å². The predicted molar refractivity (Wildman–Crippen MR) is 121 cm³/mol. The second-order valence-electron chi connectivity index (χ2n) is 8.22. The highest BCUT2D eigenvalue weighted by molar-refractivity contribution is 6.06. The number of aryl methyl sites for hydroxylation is 1. The third-order valence-corrected chi connectivity index (χ3v) is 5.35. The Hall–Kier alpha value is -3.38. The molecule has 3 rings (SSSR count). The van der Waals surface area contributed by atoms with Crippen LogP contribution in [-0.2, 0) is 15.7 Å². The number of halogens is 3. The van der Waals surface area contributed by atoms with E-state index in [9.17, 15) is 22.8 Å². The molecule has 1 aromatic heterocycles. The number of nitrogens with two attached hydrogens (primary N) is 1. The van der Waals surface area contributed by atoms with Gasteiger partial charge in [0.25, 0.3) is 0 Å². The number of carbonyl (C=O) groups excluding carboxylic acids is 2. The zero-order valence-electron chi connectivity index (χ0n) is 19.4. The van der Waals surface area contributed by atoms with Crippen LogP contribution in [0.4, 0.5) is 18.0 Å². The van der Waals surface area contributed by atoms with Crippen molar-refractivity contribution in [3.8, 4) is 0 Å². The van der Waals surface area contributed by atoms with Crippen LogP contribution in [-0.4, -0.2) is 58.8 Å². The van der Waals surface area contributed by atoms with Gasteiger partial charge < -0.3 is 15.8 Å². The van der Waals surface area contributed by atoms with Crippen LogP contribution in [0.5, 0.6) is 0 Å². The van der Waals surface area contributed by atoms with Crippen molar-refractivity contribution in [2.24, 2.45) is 16.8 Å². The topological polar surface area (TPSA) is 123 Å². The number of benzene rings is 1. The molecular weight excluding hydrogens is 465 g/mol. The van der Waals surface area contributed by atoms with E-state index in [1.807, 2.05) is 31.2 Å². The molecule has 0 unspecified atom stereocenters. The molecule has 2 amide bonds. The third-order valence-electron chi connectivity index (χ3n) is 5.35. The highest BCUT2D eigenvalue weighted by Crippen LogP contribution is 2.27. The Kier molecular flexibility index (Phi) is 8.52. The van der Waals surface area contributed by atoms with E-state index < -0.39 is 24.1 Å². The molecule has 2 heterocycles. The Balaban J connectivity index is 1.72. The Morgan fingerprint density at radius 3 is 2.49 bits per heavy atom. The molecule has 2 atom stereocenters. The van der Waals surface area contributed by atoms with Crippen molar-refractivity contribution in [2.45, 2.75) is 32.5 Å². The molecule has 0 radical (unpaired) electrons. The first-order valence-corrected chi connectivity index (χ1v) is 11.0. The van der Waals surface area contributed by atoms with E-state index in [2.05, 4.69) is 20.4 Å². The third kappa shape index (κ3) is 7.06. The quantitative estimate of drug-likeness (QED) is 0.519. The summed E-state index contributed by atoms with van der Waals surface area (Å²) in [4.78, 5) is 31.9. The summed E-state index contributed by atoms with van der Waals surface area (Å²) in [6, 6.07) is 6.34. The van der Waals surface area contributed by atoms with Crippen molar-refractivity contribution < 1.29 is 27.5 Å². The minimum atomic E-state index is -4.65. The van der Waals surface area contributed by atoms with Crippen molar-refractivity contribution >= 4 is 17.5 Å². The highest BCUT2D eigenvalue weighted by Gasteiger charge is 2.35. The summed E-state index contributed by atoms with van der Waals surface area (Å²) >= 11 is 0. The van der Waals surface area contributed by atoms with E-state index in [1.54, 1.807) is 6.92 Å². The van der Waals surface area contributed by atoms with Crippen LogP contribution in [0.3, 0.4) is 0 Å². The molecule has 9 nitrogen and oxygen atoms in total. The summed E-state index contributed by atoms with van der Waals surface area (Å²) < 4.78 is 43.3. The first-order chi connectivity index (χ1) is 16.6. The maximum atomic E-state index is 12.9. The molecule has 2 aromatic rings. The fraction of sp³-hybridized carbons (Fsp3) is 0.435. The molecule has 0 aliphatic carbocycles. The SMILES string of the molecule is Cc1ccc(C2=NN(C(=O)N[C@H](C)c3cnc(C(F)(F)F)nc3)C[C@@H]2CC(=O)COCCN)cc1. The first-order valence-electron chi connectivity index (χ1n) is 11.0. The standard InChI is InChI=1S/C23H27F3N6O3/c1-14-3-5-16(6-4-14)20-17(9-19(33)13-35-8-7-27)12-32(31-20)22(34)30-15(2)18-10-28-21(29-11-18)23(24,25)26/h3-6,10-11,15,17H,7-9,12-13,27H2,1-2H3,(H,30,34)/t15-,17+/m1/s1. The van der Waals surface area contributed by atoms with Gasteiger partial charge in [-0.15, -0.1) is 0 Å². The van der Waals surface area contributed by atoms with Gasteiger partial charge in [-0.25, -0.2) is 19.8 Å². The Labute approximate surface area is 200 Å². The summed E-state index contributed by atoms with van der Waals surface area (Å²) in [6.07, 6.45) is -2.48. The summed E-state index contributed by atoms with van der Waals surface area (Å²) in [6.45, 7) is 4.21. The van der Waals surface area contributed by atoms with Crippen LogP contribution in [0.1, 0.15) is 41.9 Å². The van der Waals surface area contributed by atoms with Gasteiger partial charge in [-0.2, -0.15) is 18.3 Å². The Morgan fingerprint density at radius 1 is 1.23 bits per heavy atom. The molecular formula is C23H27F3N6O3. The smallest absolute Gasteiger partial charge is 0.372 e. The van der Waals surface area contributed by atoms with Crippen LogP contribution in [0.2, 0.25) is 0 Å². The van der Waals surface area contributed by atoms with E-state index in [0.717, 1.165) is 23.5 Å². The van der Waals surface area contributed by atoms with Gasteiger partial charge in [0.15, 0.2) is 5.78 Å². The van der Waals surface area contributed by atoms with Gasteiger partial charge in [-0.3, -0.25) is 4.79 Å². The number of urea groups is 1. The van der Waals surface area contributed by atoms with E-state index in [-0.39, 0.29) is 37.9 Å². The number of hydrazone groups is 1. The molecule has 0 bridgehead atoms. The zero-order valence-corrected chi connectivity index (χ0v) is 19.4. The number of alkyl halides is 3. The number of amides is 2. The number of rotatable bonds is 9. The van der Waals surface area contributed by atoms with E-state index in [0.29, 0.717) is 17.8 Å². The molecule has 0 fully saturated rings. The minimum absolute atomic E-state index is 0.0774. The van der Waals surface area contributed by atoms with Crippen molar-refractivity contribution in [1.29, 1.82) is 0 Å². The minimum Gasteiger partial charge on any atom is -0.372 e. The molecule has 0 spiro atoms. The molecule has 1 aliphatic heterocycles. The van der Waals surface area contributed by atoms with Gasteiger partial charge in [0, 0.05) is 36.8 Å². The largest absolute Gasteiger partial charge is 0.451 e. The van der Waals surface area contributed by atoms with Gasteiger partial charge >= 0.3 is 12.2 Å². The molecule has 3 N–H and O–H groups in total. The van der Waals surface area contributed by atoms with Gasteiger partial charge in [-0.1, -0.05) is 29.8 Å². The van der Waals surface area contributed by atoms with Crippen LogP contribution in [0.25, 0.3) is 0 Å². The number of nitrogens with one attached hydrogen (secondary N) is 1. The number of hydrogen-bond donors (Lipinski definition) is 2. The lowest BCUT2D eigenvalue weighted by atomic mass is 9.92. The molecule has 1 aliphatic rings. The fourth-order valence-electron chi connectivity index (χ4n) is 3.51. The fourth-order valence-corrected chi connectivity index (χ4v) is 3.51. The molecule has 35 heavy (non-hydrogen) atoms. The number of aromatic nitrogens is 2. The van der Waals surface area contributed by atoms with Crippen LogP contribution < -0.4 is 11.1 Å². The lowest BCUT2D eigenvalue weighted by Crippen LogP contribution is -2.38. The average molecular weight is 493 g/mol. The maximum absolute atomic E-state index is 12.9. The monoisotopic (exact) mass is 492 g/mol. The Morgan fingerprint density at radius 2 is 1.89 bits per heavy atom. The number of hydrogen-bond acceptors (Lipinski definition) is 7. The van der Waals surface area contributed by atoms with E-state index >= 15 is 0 Å². The number of Topliss-reactive ketones (excluding diaryl/α,β-unsaturated/α-hetero) is 1. The lowest BCUT2D eigenvalue weighted by Gasteiger charge is -2.19. The van der Waals surface area contributed by atoms with Crippen LogP contribution in [0.15, 0.2) is 41.8 Å². The normalized spacial score (nSPS) is 16.7. The highest BCUT2D eigenvalue weighted by atomic mass is 19.4. The predicted octanol–water partition coefficient (Wildman–Crippen LogP) is 2.85. The molecule has 1 aromatic carbocycles. The zero-order chi connectivity index (χ0) is 25.6. The van der Waals surface area contributed by atoms with Gasteiger partial charge in [-0.05, 0) is 19.4 Å². The van der Waals surface area contributed by atoms with Crippen LogP contribution >= 0.6 is 0 Å². The van der Waals surface area contributed by atoms with E-state index in [1.165, 1.54) is 5.01 Å². The number of carbonyl (C=O) groups is 2. The first kappa shape index (κ1) is 26.2. The van der Waals surface area contributed by atoms with Crippen LogP contribution in [0, 0.1) is 12.8 Å². The summed E-state index contributed by atoms with van der Waals surface area (Å²) in [5, 5.41) is 8.36. The number of ether oxygens (including phenoxy) is 1. The summed E-state index contributed by atoms with van der Waals surface area (Å²) in [7, 11) is 0. The second-order valence-corrected chi connectivity index (χ2v) is 8.22. The lowest BCUT2D eigenvalue weighted by molar-refractivity contribution is -0.145. The number of nitrogens with zero attached hydrogens (tertiary/aromatic N) is 4. The van der Waals surface area contributed by atoms with Crippen molar-refractivity contribution in [3.63, 3.8) is 0 Å². The van der Waals surface area contributed by atoms with Crippen molar-refractivity contribution in [3.05, 3.63) is 59.2 Å².